The van der Waals surface area contributed by atoms with E-state index in [9.17, 15) is 4.79 Å². The van der Waals surface area contributed by atoms with Crippen LogP contribution < -0.4 is 0 Å². The van der Waals surface area contributed by atoms with Crippen LogP contribution in [0.4, 0.5) is 0 Å². The van der Waals surface area contributed by atoms with Crippen LogP contribution in [0.5, 0.6) is 0 Å². The second kappa shape index (κ2) is 6.88. The van der Waals surface area contributed by atoms with Gasteiger partial charge in [-0.15, -0.1) is 10.2 Å². The molecule has 26 heavy (non-hydrogen) atoms. The molecule has 0 radical (unpaired) electrons. The van der Waals surface area contributed by atoms with E-state index in [-0.39, 0.29) is 18.5 Å². The fourth-order valence-corrected chi connectivity index (χ4v) is 2.94. The molecular formula is C19H17ClN4O2. The third kappa shape index (κ3) is 3.46. The maximum atomic E-state index is 12.8. The Bertz CT molecular complexity index is 935. The van der Waals surface area contributed by atoms with Crippen molar-refractivity contribution in [3.63, 3.8) is 0 Å². The van der Waals surface area contributed by atoms with Crippen molar-refractivity contribution in [2.75, 3.05) is 0 Å². The second-order valence-corrected chi connectivity index (χ2v) is 6.74. The zero-order chi connectivity index (χ0) is 18.1. The molecule has 2 aromatic heterocycles. The van der Waals surface area contributed by atoms with Crippen LogP contribution in [0.1, 0.15) is 34.8 Å². The van der Waals surface area contributed by atoms with E-state index in [4.69, 9.17) is 16.0 Å². The lowest BCUT2D eigenvalue weighted by Gasteiger charge is -2.20. The van der Waals surface area contributed by atoms with Crippen molar-refractivity contribution >= 4 is 17.5 Å². The number of amides is 1. The van der Waals surface area contributed by atoms with Crippen LogP contribution in [0, 0.1) is 6.92 Å². The number of halogens is 1. The summed E-state index contributed by atoms with van der Waals surface area (Å²) in [7, 11) is 0. The minimum Gasteiger partial charge on any atom is -0.419 e. The Balaban J connectivity index is 1.55. The van der Waals surface area contributed by atoms with E-state index in [1.54, 1.807) is 23.2 Å². The first-order valence-electron chi connectivity index (χ1n) is 8.43. The number of rotatable bonds is 5. The van der Waals surface area contributed by atoms with E-state index in [0.717, 1.165) is 18.5 Å². The average molecular weight is 369 g/mol. The number of carbonyl (C=O) groups excluding carboxylic acids is 1. The highest BCUT2D eigenvalue weighted by Crippen LogP contribution is 2.31. The summed E-state index contributed by atoms with van der Waals surface area (Å²) < 4.78 is 5.75. The van der Waals surface area contributed by atoms with Crippen LogP contribution in [-0.2, 0) is 6.54 Å². The van der Waals surface area contributed by atoms with Crippen LogP contribution in [-0.4, -0.2) is 32.0 Å². The number of pyridine rings is 1. The fourth-order valence-electron chi connectivity index (χ4n) is 2.72. The van der Waals surface area contributed by atoms with Crippen LogP contribution in [0.15, 0.2) is 47.0 Å². The minimum atomic E-state index is -0.0718. The van der Waals surface area contributed by atoms with Crippen LogP contribution in [0.3, 0.4) is 0 Å². The molecule has 0 atom stereocenters. The number of hydrogen-bond donors (Lipinski definition) is 0. The summed E-state index contributed by atoms with van der Waals surface area (Å²) in [6.07, 6.45) is 3.57. The molecular weight excluding hydrogens is 352 g/mol. The molecule has 0 bridgehead atoms. The molecule has 2 heterocycles. The summed E-state index contributed by atoms with van der Waals surface area (Å²) in [5.41, 5.74) is 2.12. The highest BCUT2D eigenvalue weighted by atomic mass is 35.5. The topological polar surface area (TPSA) is 72.1 Å². The van der Waals surface area contributed by atoms with Gasteiger partial charge in [0.15, 0.2) is 0 Å². The molecule has 0 aliphatic heterocycles. The van der Waals surface area contributed by atoms with Gasteiger partial charge in [-0.05, 0) is 44.0 Å². The van der Waals surface area contributed by atoms with Gasteiger partial charge in [0.1, 0.15) is 0 Å². The zero-order valence-corrected chi connectivity index (χ0v) is 15.0. The lowest BCUT2D eigenvalue weighted by Crippen LogP contribution is -2.32. The van der Waals surface area contributed by atoms with E-state index in [1.807, 2.05) is 31.2 Å². The molecule has 132 valence electrons. The van der Waals surface area contributed by atoms with Crippen molar-refractivity contribution in [1.29, 1.82) is 0 Å². The van der Waals surface area contributed by atoms with Gasteiger partial charge in [-0.2, -0.15) is 0 Å². The van der Waals surface area contributed by atoms with Gasteiger partial charge in [0.25, 0.3) is 5.91 Å². The van der Waals surface area contributed by atoms with Crippen molar-refractivity contribution in [2.45, 2.75) is 32.4 Å². The highest BCUT2D eigenvalue weighted by Gasteiger charge is 2.34. The minimum absolute atomic E-state index is 0.0718. The van der Waals surface area contributed by atoms with Gasteiger partial charge in [0, 0.05) is 17.9 Å². The third-order valence-corrected chi connectivity index (χ3v) is 4.61. The Hall–Kier alpha value is -2.73. The first-order chi connectivity index (χ1) is 12.6. The normalized spacial score (nSPS) is 13.6. The van der Waals surface area contributed by atoms with Crippen molar-refractivity contribution in [3.05, 3.63) is 64.8 Å². The summed E-state index contributed by atoms with van der Waals surface area (Å²) in [5.74, 6) is 0.670. The van der Waals surface area contributed by atoms with E-state index < -0.39 is 0 Å². The molecule has 0 N–H and O–H groups in total. The van der Waals surface area contributed by atoms with Gasteiger partial charge < -0.3 is 9.32 Å². The standard InChI is InChI=1S/C19H17ClN4O2/c1-12-6-7-13(10-21-12)19(25)24(14-8-9-14)11-17-22-23-18(26-17)15-4-2-3-5-16(15)20/h2-7,10,14H,8-9,11H2,1H3. The SMILES string of the molecule is Cc1ccc(C(=O)N(Cc2nnc(-c3ccccc3Cl)o2)C2CC2)cn1. The van der Waals surface area contributed by atoms with Crippen molar-refractivity contribution < 1.29 is 9.21 Å². The van der Waals surface area contributed by atoms with E-state index in [1.165, 1.54) is 0 Å². The first kappa shape index (κ1) is 16.7. The van der Waals surface area contributed by atoms with E-state index >= 15 is 0 Å². The number of nitrogens with zero attached hydrogens (tertiary/aromatic N) is 4. The number of aryl methyl sites for hydroxylation is 1. The van der Waals surface area contributed by atoms with E-state index in [2.05, 4.69) is 15.2 Å². The molecule has 1 saturated carbocycles. The summed E-state index contributed by atoms with van der Waals surface area (Å²) in [4.78, 5) is 18.8. The van der Waals surface area contributed by atoms with Crippen molar-refractivity contribution in [1.82, 2.24) is 20.1 Å². The van der Waals surface area contributed by atoms with Crippen molar-refractivity contribution in [2.24, 2.45) is 0 Å². The molecule has 1 aliphatic rings. The predicted molar refractivity (Wildman–Crippen MR) is 96.6 cm³/mol. The van der Waals surface area contributed by atoms with Gasteiger partial charge in [-0.25, -0.2) is 0 Å². The van der Waals surface area contributed by atoms with Gasteiger partial charge in [0.2, 0.25) is 11.8 Å². The Morgan fingerprint density at radius 2 is 2.04 bits per heavy atom. The Morgan fingerprint density at radius 1 is 1.23 bits per heavy atom. The molecule has 1 aliphatic carbocycles. The quantitative estimate of drug-likeness (QED) is 0.683. The third-order valence-electron chi connectivity index (χ3n) is 4.28. The number of benzene rings is 1. The maximum absolute atomic E-state index is 12.8. The lowest BCUT2D eigenvalue weighted by atomic mass is 10.2. The maximum Gasteiger partial charge on any atom is 0.256 e. The van der Waals surface area contributed by atoms with Crippen LogP contribution >= 0.6 is 11.6 Å². The van der Waals surface area contributed by atoms with Gasteiger partial charge in [0.05, 0.1) is 22.7 Å². The second-order valence-electron chi connectivity index (χ2n) is 6.33. The first-order valence-corrected chi connectivity index (χ1v) is 8.80. The highest BCUT2D eigenvalue weighted by molar-refractivity contribution is 6.33. The number of hydrogen-bond acceptors (Lipinski definition) is 5. The molecule has 1 aromatic carbocycles. The molecule has 0 spiro atoms. The van der Waals surface area contributed by atoms with E-state index in [0.29, 0.717) is 27.9 Å². The average Bonchev–Trinajstić information content (AvgIpc) is 3.38. The summed E-state index contributed by atoms with van der Waals surface area (Å²) in [5, 5.41) is 8.71. The molecule has 1 amide bonds. The van der Waals surface area contributed by atoms with Gasteiger partial charge >= 0.3 is 0 Å². The monoisotopic (exact) mass is 368 g/mol. The van der Waals surface area contributed by atoms with Gasteiger partial charge in [-0.1, -0.05) is 23.7 Å². The Morgan fingerprint density at radius 3 is 2.73 bits per heavy atom. The fraction of sp³-hybridized carbons (Fsp3) is 0.263. The lowest BCUT2D eigenvalue weighted by molar-refractivity contribution is 0.0714. The molecule has 4 rings (SSSR count). The molecule has 0 unspecified atom stereocenters. The molecule has 3 aromatic rings. The largest absolute Gasteiger partial charge is 0.419 e. The molecule has 1 fully saturated rings. The zero-order valence-electron chi connectivity index (χ0n) is 14.2. The van der Waals surface area contributed by atoms with Crippen LogP contribution in [0.25, 0.3) is 11.5 Å². The van der Waals surface area contributed by atoms with Crippen LogP contribution in [0.2, 0.25) is 5.02 Å². The van der Waals surface area contributed by atoms with Gasteiger partial charge in [-0.3, -0.25) is 9.78 Å². The summed E-state index contributed by atoms with van der Waals surface area (Å²) in [6, 6.07) is 11.1. The summed E-state index contributed by atoms with van der Waals surface area (Å²) >= 11 is 6.18. The smallest absolute Gasteiger partial charge is 0.256 e. The molecule has 6 nitrogen and oxygen atoms in total. The Kier molecular flexibility index (Phi) is 4.42. The Labute approximate surface area is 155 Å². The molecule has 0 saturated heterocycles. The molecule has 7 heteroatoms. The number of aromatic nitrogens is 3. The summed E-state index contributed by atoms with van der Waals surface area (Å²) in [6.45, 7) is 2.16. The van der Waals surface area contributed by atoms with Crippen molar-refractivity contribution in [3.8, 4) is 11.5 Å². The number of carbonyl (C=O) groups is 1. The predicted octanol–water partition coefficient (Wildman–Crippen LogP) is 3.90.